The van der Waals surface area contributed by atoms with Gasteiger partial charge in [0.25, 0.3) is 0 Å². The molecule has 3 saturated heterocycles. The summed E-state index contributed by atoms with van der Waals surface area (Å²) >= 11 is 0. The fraction of sp³-hybridized carbons (Fsp3) is 0.455. The van der Waals surface area contributed by atoms with Gasteiger partial charge in [-0.05, 0) is 48.1 Å². The molecule has 0 amide bonds. The highest BCUT2D eigenvalue weighted by atomic mass is 19.4. The molecule has 1 N–H and O–H groups in total. The average Bonchev–Trinajstić information content (AvgIpc) is 3.27. The van der Waals surface area contributed by atoms with Crippen molar-refractivity contribution in [1.82, 2.24) is 10.2 Å². The van der Waals surface area contributed by atoms with Crippen LogP contribution < -0.4 is 5.32 Å². The highest BCUT2D eigenvalue weighted by Crippen LogP contribution is 2.50. The van der Waals surface area contributed by atoms with Gasteiger partial charge in [0.2, 0.25) is 0 Å². The summed E-state index contributed by atoms with van der Waals surface area (Å²) in [6.45, 7) is 0.849. The van der Waals surface area contributed by atoms with Crippen molar-refractivity contribution in [2.45, 2.75) is 62.6 Å². The molecular formula is C22H23F3N2. The molecule has 5 rings (SSSR count). The second-order valence-electron chi connectivity index (χ2n) is 8.09. The van der Waals surface area contributed by atoms with Crippen LogP contribution in [0.1, 0.15) is 36.8 Å². The van der Waals surface area contributed by atoms with E-state index in [1.54, 1.807) is 0 Å². The minimum Gasteiger partial charge on any atom is -0.308 e. The van der Waals surface area contributed by atoms with Gasteiger partial charge in [-0.25, -0.2) is 0 Å². The van der Waals surface area contributed by atoms with Crippen molar-refractivity contribution in [3.05, 3.63) is 59.7 Å². The molecule has 5 heteroatoms. The van der Waals surface area contributed by atoms with E-state index in [0.29, 0.717) is 6.04 Å². The van der Waals surface area contributed by atoms with Crippen molar-refractivity contribution < 1.29 is 13.2 Å². The zero-order valence-electron chi connectivity index (χ0n) is 15.0. The van der Waals surface area contributed by atoms with Crippen LogP contribution in [-0.2, 0) is 12.7 Å². The van der Waals surface area contributed by atoms with Gasteiger partial charge in [0, 0.05) is 30.7 Å². The molecule has 3 heterocycles. The Balaban J connectivity index is 1.21. The summed E-state index contributed by atoms with van der Waals surface area (Å²) in [5, 5.41) is 3.73. The quantitative estimate of drug-likeness (QED) is 0.773. The molecule has 2 aromatic rings. The van der Waals surface area contributed by atoms with Gasteiger partial charge in [0.1, 0.15) is 0 Å². The van der Waals surface area contributed by atoms with Crippen LogP contribution >= 0.6 is 0 Å². The van der Waals surface area contributed by atoms with Crippen LogP contribution in [0.15, 0.2) is 48.5 Å². The van der Waals surface area contributed by atoms with Gasteiger partial charge in [-0.1, -0.05) is 42.8 Å². The minimum atomic E-state index is -4.29. The van der Waals surface area contributed by atoms with Gasteiger partial charge >= 0.3 is 6.18 Å². The van der Waals surface area contributed by atoms with Crippen LogP contribution in [0, 0.1) is 0 Å². The Morgan fingerprint density at radius 1 is 0.926 bits per heavy atom. The Hall–Kier alpha value is -1.85. The van der Waals surface area contributed by atoms with E-state index in [-0.39, 0.29) is 0 Å². The van der Waals surface area contributed by atoms with Crippen molar-refractivity contribution in [3.8, 4) is 11.1 Å². The molecule has 142 valence electrons. The number of nitrogens with zero attached hydrogens (tertiary/aromatic N) is 1. The molecule has 3 aliphatic rings. The zero-order chi connectivity index (χ0) is 18.6. The van der Waals surface area contributed by atoms with Crippen LogP contribution in [0.5, 0.6) is 0 Å². The van der Waals surface area contributed by atoms with Gasteiger partial charge in [-0.15, -0.1) is 0 Å². The van der Waals surface area contributed by atoms with Crippen molar-refractivity contribution in [2.24, 2.45) is 0 Å². The summed E-state index contributed by atoms with van der Waals surface area (Å²) in [7, 11) is 0. The summed E-state index contributed by atoms with van der Waals surface area (Å²) in [5.74, 6) is 0. The van der Waals surface area contributed by atoms with Gasteiger partial charge in [0.05, 0.1) is 5.56 Å². The lowest BCUT2D eigenvalue weighted by molar-refractivity contribution is -0.137. The number of hydrogen-bond donors (Lipinski definition) is 1. The third-order valence-electron chi connectivity index (χ3n) is 6.50. The first-order chi connectivity index (χ1) is 13.0. The number of piperidine rings is 2. The van der Waals surface area contributed by atoms with Gasteiger partial charge < -0.3 is 5.32 Å². The van der Waals surface area contributed by atoms with Gasteiger partial charge in [0.15, 0.2) is 0 Å². The van der Waals surface area contributed by atoms with E-state index in [9.17, 15) is 13.2 Å². The molecule has 3 fully saturated rings. The standard InChI is InChI=1S/C22H23F3N2/c23-22(24,25)17-10-8-16(9-11-17)15-6-4-14(5-7-15)13-26-19-12-18-2-1-3-20-21(19)27(18)20/h4-11,18-21,26H,1-3,12-13H2. The molecule has 5 atom stereocenters. The smallest absolute Gasteiger partial charge is 0.308 e. The third kappa shape index (κ3) is 3.17. The summed E-state index contributed by atoms with van der Waals surface area (Å²) in [6.07, 6.45) is 1.09. The summed E-state index contributed by atoms with van der Waals surface area (Å²) < 4.78 is 38.0. The molecule has 2 aromatic carbocycles. The molecule has 0 aromatic heterocycles. The molecule has 27 heavy (non-hydrogen) atoms. The molecule has 0 bridgehead atoms. The maximum Gasteiger partial charge on any atom is 0.416 e. The van der Waals surface area contributed by atoms with Crippen LogP contribution in [0.4, 0.5) is 13.2 Å². The van der Waals surface area contributed by atoms with Crippen molar-refractivity contribution >= 4 is 0 Å². The number of nitrogens with one attached hydrogen (secondary N) is 1. The molecule has 3 aliphatic heterocycles. The van der Waals surface area contributed by atoms with Crippen LogP contribution in [0.2, 0.25) is 0 Å². The lowest BCUT2D eigenvalue weighted by Crippen LogP contribution is -2.35. The molecule has 0 saturated carbocycles. The van der Waals surface area contributed by atoms with Crippen molar-refractivity contribution in [1.29, 1.82) is 0 Å². The third-order valence-corrected chi connectivity index (χ3v) is 6.50. The Bertz CT molecular complexity index is 813. The number of alkyl halides is 3. The van der Waals surface area contributed by atoms with E-state index in [1.165, 1.54) is 43.4 Å². The average molecular weight is 372 g/mol. The Labute approximate surface area is 157 Å². The minimum absolute atomic E-state index is 0.606. The topological polar surface area (TPSA) is 15.0 Å². The molecule has 5 unspecified atom stereocenters. The molecule has 2 nitrogen and oxygen atoms in total. The second-order valence-corrected chi connectivity index (χ2v) is 8.09. The fourth-order valence-corrected chi connectivity index (χ4v) is 5.13. The fourth-order valence-electron chi connectivity index (χ4n) is 5.13. The number of benzene rings is 2. The second kappa shape index (κ2) is 6.35. The van der Waals surface area contributed by atoms with E-state index >= 15 is 0 Å². The van der Waals surface area contributed by atoms with E-state index in [0.717, 1.165) is 47.9 Å². The number of halogens is 3. The Morgan fingerprint density at radius 3 is 2.19 bits per heavy atom. The van der Waals surface area contributed by atoms with E-state index in [1.807, 2.05) is 12.1 Å². The normalized spacial score (nSPS) is 31.6. The predicted octanol–water partition coefficient (Wildman–Crippen LogP) is 4.84. The van der Waals surface area contributed by atoms with Crippen LogP contribution in [-0.4, -0.2) is 29.1 Å². The van der Waals surface area contributed by atoms with E-state index in [4.69, 9.17) is 0 Å². The molecule has 0 spiro atoms. The summed E-state index contributed by atoms with van der Waals surface area (Å²) in [5.41, 5.74) is 2.36. The van der Waals surface area contributed by atoms with Crippen LogP contribution in [0.25, 0.3) is 11.1 Å². The first-order valence-electron chi connectivity index (χ1n) is 9.78. The van der Waals surface area contributed by atoms with Crippen molar-refractivity contribution in [2.75, 3.05) is 0 Å². The molecule has 0 aliphatic carbocycles. The Morgan fingerprint density at radius 2 is 1.59 bits per heavy atom. The SMILES string of the molecule is FC(F)(F)c1ccc(-c2ccc(CNC3CC4CCCC5C3N45)cc2)cc1. The lowest BCUT2D eigenvalue weighted by Gasteiger charge is -2.24. The number of hydrogen-bond acceptors (Lipinski definition) is 2. The Kier molecular flexibility index (Phi) is 4.06. The maximum absolute atomic E-state index is 12.7. The maximum atomic E-state index is 12.7. The van der Waals surface area contributed by atoms with Gasteiger partial charge in [-0.2, -0.15) is 13.2 Å². The first kappa shape index (κ1) is 17.3. The van der Waals surface area contributed by atoms with Crippen molar-refractivity contribution in [3.63, 3.8) is 0 Å². The number of rotatable bonds is 4. The number of fused-ring (bicyclic) bond motifs is 1. The predicted molar refractivity (Wildman–Crippen MR) is 99.2 cm³/mol. The van der Waals surface area contributed by atoms with E-state index in [2.05, 4.69) is 22.3 Å². The largest absolute Gasteiger partial charge is 0.416 e. The lowest BCUT2D eigenvalue weighted by atomic mass is 9.93. The first-order valence-corrected chi connectivity index (χ1v) is 9.78. The highest BCUT2D eigenvalue weighted by Gasteiger charge is 2.61. The molecule has 0 radical (unpaired) electrons. The summed E-state index contributed by atoms with van der Waals surface area (Å²) in [4.78, 5) is 2.70. The van der Waals surface area contributed by atoms with Gasteiger partial charge in [-0.3, -0.25) is 4.90 Å². The molecular weight excluding hydrogens is 349 g/mol. The summed E-state index contributed by atoms with van der Waals surface area (Å²) in [6, 6.07) is 16.5. The monoisotopic (exact) mass is 372 g/mol. The van der Waals surface area contributed by atoms with E-state index < -0.39 is 11.7 Å². The highest BCUT2D eigenvalue weighted by molar-refractivity contribution is 5.64. The zero-order valence-corrected chi connectivity index (χ0v) is 15.0. The van der Waals surface area contributed by atoms with Crippen LogP contribution in [0.3, 0.4) is 0 Å².